The minimum absolute atomic E-state index is 0.102. The second kappa shape index (κ2) is 9.77. The highest BCUT2D eigenvalue weighted by molar-refractivity contribution is 5.99. The van der Waals surface area contributed by atoms with Crippen LogP contribution in [-0.4, -0.2) is 69.7 Å². The lowest BCUT2D eigenvalue weighted by molar-refractivity contribution is -0.161. The Hall–Kier alpha value is -3.75. The standard InChI is InChI=1S/C31H32N2O6/c1-2-30-15-10-18-38-29(37)25(30)24-27(35)33(23(20-34)22-13-7-4-8-14-22)26-28(36)32(17-9-16-31(24,26)39-30)19-21-11-5-3-6-12-21/h3-16,23-26,34H,2,17-20H2,1H3/t23-,24+,25+,26?,30-,31+/m1/s1. The van der Waals surface area contributed by atoms with E-state index in [0.29, 0.717) is 25.1 Å². The molecule has 4 heterocycles. The fourth-order valence-electron chi connectivity index (χ4n) is 6.89. The van der Waals surface area contributed by atoms with Crippen molar-refractivity contribution in [3.05, 3.63) is 96.1 Å². The number of hydrogen-bond acceptors (Lipinski definition) is 6. The molecule has 2 aromatic carbocycles. The molecule has 39 heavy (non-hydrogen) atoms. The van der Waals surface area contributed by atoms with Crippen molar-refractivity contribution in [2.75, 3.05) is 19.8 Å². The summed E-state index contributed by atoms with van der Waals surface area (Å²) in [4.78, 5) is 45.6. The zero-order valence-corrected chi connectivity index (χ0v) is 21.8. The molecule has 0 bridgehead atoms. The molecule has 0 aliphatic carbocycles. The number of fused-ring (bicyclic) bond motifs is 2. The van der Waals surface area contributed by atoms with Crippen LogP contribution in [0.5, 0.6) is 0 Å². The Kier molecular flexibility index (Phi) is 6.40. The Labute approximate surface area is 227 Å². The van der Waals surface area contributed by atoms with Crippen LogP contribution >= 0.6 is 0 Å². The van der Waals surface area contributed by atoms with Crippen LogP contribution in [0.1, 0.15) is 30.5 Å². The molecule has 1 spiro atoms. The third kappa shape index (κ3) is 3.85. The predicted molar refractivity (Wildman–Crippen MR) is 142 cm³/mol. The zero-order chi connectivity index (χ0) is 27.2. The van der Waals surface area contributed by atoms with Crippen LogP contribution in [0.2, 0.25) is 0 Å². The molecular weight excluding hydrogens is 496 g/mol. The lowest BCUT2D eigenvalue weighted by atomic mass is 9.73. The number of rotatable bonds is 6. The smallest absolute Gasteiger partial charge is 0.313 e. The fraction of sp³-hybridized carbons (Fsp3) is 0.387. The van der Waals surface area contributed by atoms with Crippen molar-refractivity contribution in [2.45, 2.75) is 43.2 Å². The summed E-state index contributed by atoms with van der Waals surface area (Å²) < 4.78 is 12.4. The van der Waals surface area contributed by atoms with Crippen molar-refractivity contribution in [1.29, 1.82) is 0 Å². The lowest BCUT2D eigenvalue weighted by Gasteiger charge is -2.40. The number of likely N-dealkylation sites (tertiary alicyclic amines) is 1. The van der Waals surface area contributed by atoms with Crippen LogP contribution in [0.4, 0.5) is 0 Å². The van der Waals surface area contributed by atoms with Crippen molar-refractivity contribution < 1.29 is 29.0 Å². The van der Waals surface area contributed by atoms with Crippen LogP contribution in [0.3, 0.4) is 0 Å². The van der Waals surface area contributed by atoms with Gasteiger partial charge in [-0.1, -0.05) is 85.8 Å². The van der Waals surface area contributed by atoms with E-state index in [4.69, 9.17) is 9.47 Å². The summed E-state index contributed by atoms with van der Waals surface area (Å²) >= 11 is 0. The van der Waals surface area contributed by atoms with Crippen molar-refractivity contribution in [3.63, 3.8) is 0 Å². The van der Waals surface area contributed by atoms with E-state index in [1.54, 1.807) is 11.0 Å². The van der Waals surface area contributed by atoms with Crippen molar-refractivity contribution in [1.82, 2.24) is 9.80 Å². The number of esters is 1. The van der Waals surface area contributed by atoms with Gasteiger partial charge in [0.05, 0.1) is 18.6 Å². The molecule has 1 unspecified atom stereocenters. The first kappa shape index (κ1) is 25.5. The summed E-state index contributed by atoms with van der Waals surface area (Å²) in [6, 6.07) is 17.0. The third-order valence-corrected chi connectivity index (χ3v) is 8.63. The second-order valence-electron chi connectivity index (χ2n) is 10.6. The molecular formula is C31H32N2O6. The van der Waals surface area contributed by atoms with E-state index in [0.717, 1.165) is 5.56 Å². The maximum atomic E-state index is 14.5. The van der Waals surface area contributed by atoms with Crippen LogP contribution in [0.15, 0.2) is 85.0 Å². The van der Waals surface area contributed by atoms with Gasteiger partial charge in [-0.2, -0.15) is 0 Å². The van der Waals surface area contributed by atoms with Gasteiger partial charge in [-0.25, -0.2) is 0 Å². The predicted octanol–water partition coefficient (Wildman–Crippen LogP) is 2.79. The van der Waals surface area contributed by atoms with Crippen molar-refractivity contribution in [3.8, 4) is 0 Å². The summed E-state index contributed by atoms with van der Waals surface area (Å²) in [5.41, 5.74) is -0.829. The number of aliphatic hydroxyl groups excluding tert-OH is 1. The number of ether oxygens (including phenoxy) is 2. The van der Waals surface area contributed by atoms with Gasteiger partial charge in [-0.15, -0.1) is 0 Å². The topological polar surface area (TPSA) is 96.4 Å². The summed E-state index contributed by atoms with van der Waals surface area (Å²) in [7, 11) is 0. The normalized spacial score (nSPS) is 32.3. The highest BCUT2D eigenvalue weighted by Gasteiger charge is 2.76. The van der Waals surface area contributed by atoms with Gasteiger partial charge in [-0.05, 0) is 23.6 Å². The van der Waals surface area contributed by atoms with E-state index in [1.807, 2.05) is 85.8 Å². The highest BCUT2D eigenvalue weighted by Crippen LogP contribution is 2.59. The van der Waals surface area contributed by atoms with Crippen molar-refractivity contribution >= 4 is 17.8 Å². The molecule has 2 amide bonds. The molecule has 1 N–H and O–H groups in total. The third-order valence-electron chi connectivity index (χ3n) is 8.63. The lowest BCUT2D eigenvalue weighted by Crippen LogP contribution is -2.56. The van der Waals surface area contributed by atoms with E-state index in [2.05, 4.69) is 0 Å². The average molecular weight is 529 g/mol. The molecule has 4 aliphatic heterocycles. The molecule has 6 rings (SSSR count). The number of nitrogens with zero attached hydrogens (tertiary/aromatic N) is 2. The fourth-order valence-corrected chi connectivity index (χ4v) is 6.89. The molecule has 202 valence electrons. The minimum Gasteiger partial charge on any atom is -0.461 e. The summed E-state index contributed by atoms with van der Waals surface area (Å²) in [6.07, 6.45) is 7.69. The largest absolute Gasteiger partial charge is 0.461 e. The van der Waals surface area contributed by atoms with Crippen LogP contribution in [0, 0.1) is 11.8 Å². The first-order valence-electron chi connectivity index (χ1n) is 13.5. The van der Waals surface area contributed by atoms with Gasteiger partial charge in [0.1, 0.15) is 29.8 Å². The number of carbonyl (C=O) groups is 3. The minimum atomic E-state index is -1.40. The van der Waals surface area contributed by atoms with E-state index < -0.39 is 53.6 Å². The van der Waals surface area contributed by atoms with Gasteiger partial charge >= 0.3 is 5.97 Å². The molecule has 2 fully saturated rings. The summed E-state index contributed by atoms with van der Waals surface area (Å²) in [6.45, 7) is 2.30. The van der Waals surface area contributed by atoms with Crippen LogP contribution in [0.25, 0.3) is 0 Å². The number of cyclic esters (lactones) is 1. The van der Waals surface area contributed by atoms with Gasteiger partial charge in [0, 0.05) is 13.1 Å². The Morgan fingerprint density at radius 1 is 0.949 bits per heavy atom. The Morgan fingerprint density at radius 3 is 2.36 bits per heavy atom. The number of amides is 2. The van der Waals surface area contributed by atoms with E-state index in [1.165, 1.54) is 4.90 Å². The molecule has 8 nitrogen and oxygen atoms in total. The maximum absolute atomic E-state index is 14.5. The van der Waals surface area contributed by atoms with Crippen molar-refractivity contribution in [2.24, 2.45) is 11.8 Å². The van der Waals surface area contributed by atoms with Gasteiger partial charge in [-0.3, -0.25) is 14.4 Å². The number of aliphatic hydroxyl groups is 1. The Bertz CT molecular complexity index is 1330. The first-order valence-corrected chi connectivity index (χ1v) is 13.5. The molecule has 0 radical (unpaired) electrons. The Balaban J connectivity index is 1.51. The van der Waals surface area contributed by atoms with Gasteiger partial charge < -0.3 is 24.4 Å². The second-order valence-corrected chi connectivity index (χ2v) is 10.6. The number of hydrogen-bond donors (Lipinski definition) is 1. The van der Waals surface area contributed by atoms with E-state index in [-0.39, 0.29) is 12.5 Å². The van der Waals surface area contributed by atoms with E-state index >= 15 is 0 Å². The van der Waals surface area contributed by atoms with Gasteiger partial charge in [0.15, 0.2) is 0 Å². The number of benzene rings is 2. The van der Waals surface area contributed by atoms with Gasteiger partial charge in [0.25, 0.3) is 0 Å². The Morgan fingerprint density at radius 2 is 1.67 bits per heavy atom. The molecule has 4 aliphatic rings. The summed E-state index contributed by atoms with van der Waals surface area (Å²) in [5, 5.41) is 10.6. The van der Waals surface area contributed by atoms with Gasteiger partial charge in [0.2, 0.25) is 11.8 Å². The van der Waals surface area contributed by atoms with E-state index in [9.17, 15) is 19.5 Å². The van der Waals surface area contributed by atoms with Crippen LogP contribution in [-0.2, 0) is 30.4 Å². The highest BCUT2D eigenvalue weighted by atomic mass is 16.6. The SMILES string of the molecule is CC[C@@]12C=CCOC(=O)[C@@H]1[C@H]1C(=O)N([C@H](CO)c3ccccc3)C3C(=O)N(Cc4ccccc4)CC=C[C@@]31O2. The summed E-state index contributed by atoms with van der Waals surface area (Å²) in [5.74, 6) is -3.09. The zero-order valence-electron chi connectivity index (χ0n) is 21.8. The molecule has 6 atom stereocenters. The molecule has 2 aromatic rings. The molecule has 2 saturated heterocycles. The first-order chi connectivity index (χ1) is 19.0. The molecule has 8 heteroatoms. The molecule has 0 aromatic heterocycles. The molecule has 0 saturated carbocycles. The monoisotopic (exact) mass is 528 g/mol. The quantitative estimate of drug-likeness (QED) is 0.458. The number of carbonyl (C=O) groups excluding carboxylic acids is 3. The average Bonchev–Trinajstić information content (AvgIpc) is 3.24. The van der Waals surface area contributed by atoms with Crippen LogP contribution < -0.4 is 0 Å². The maximum Gasteiger partial charge on any atom is 0.313 e.